The van der Waals surface area contributed by atoms with E-state index in [9.17, 15) is 4.79 Å². The molecule has 4 rings (SSSR count). The number of benzene rings is 1. The van der Waals surface area contributed by atoms with E-state index in [1.807, 2.05) is 0 Å². The van der Waals surface area contributed by atoms with Gasteiger partial charge in [0.2, 0.25) is 5.91 Å². The van der Waals surface area contributed by atoms with Crippen molar-refractivity contribution >= 4 is 30.7 Å². The van der Waals surface area contributed by atoms with Crippen LogP contribution in [-0.4, -0.2) is 50.2 Å². The highest BCUT2D eigenvalue weighted by atomic mass is 35.5. The van der Waals surface area contributed by atoms with E-state index in [0.29, 0.717) is 12.5 Å². The van der Waals surface area contributed by atoms with E-state index in [2.05, 4.69) is 39.8 Å². The first-order valence-corrected chi connectivity index (χ1v) is 10.1. The van der Waals surface area contributed by atoms with Crippen LogP contribution in [0.5, 0.6) is 0 Å². The third-order valence-electron chi connectivity index (χ3n) is 6.55. The van der Waals surface area contributed by atoms with Crippen molar-refractivity contribution in [1.29, 1.82) is 0 Å². The zero-order valence-electron chi connectivity index (χ0n) is 16.5. The average molecular weight is 430 g/mol. The van der Waals surface area contributed by atoms with Crippen LogP contribution in [0.2, 0.25) is 0 Å². The maximum absolute atomic E-state index is 13.1. The number of carbonyl (C=O) groups is 1. The summed E-state index contributed by atoms with van der Waals surface area (Å²) >= 11 is 0. The smallest absolute Gasteiger partial charge is 0.228 e. The zero-order valence-corrected chi connectivity index (χ0v) is 18.1. The van der Waals surface area contributed by atoms with Gasteiger partial charge in [0.05, 0.1) is 18.6 Å². The van der Waals surface area contributed by atoms with Gasteiger partial charge in [-0.1, -0.05) is 37.1 Å². The number of ether oxygens (including phenoxy) is 1. The van der Waals surface area contributed by atoms with Crippen molar-refractivity contribution in [2.24, 2.45) is 11.3 Å². The SMILES string of the molecule is Cl.Cl.O=C(NCc1ccccc1CN1CCOCC1)[C@@]12CCCC[C@H]1CNC2. The Balaban J connectivity index is 0.00000140. The number of fused-ring (bicyclic) bond motifs is 1. The van der Waals surface area contributed by atoms with Crippen LogP contribution in [0.15, 0.2) is 24.3 Å². The molecule has 3 aliphatic rings. The second-order valence-corrected chi connectivity index (χ2v) is 8.07. The molecule has 2 saturated heterocycles. The number of amides is 1. The second-order valence-electron chi connectivity index (χ2n) is 8.07. The van der Waals surface area contributed by atoms with Crippen LogP contribution in [0.3, 0.4) is 0 Å². The number of hydrogen-bond acceptors (Lipinski definition) is 4. The lowest BCUT2D eigenvalue weighted by Gasteiger charge is -2.37. The van der Waals surface area contributed by atoms with Gasteiger partial charge in [0, 0.05) is 32.7 Å². The van der Waals surface area contributed by atoms with Crippen LogP contribution in [0, 0.1) is 11.3 Å². The summed E-state index contributed by atoms with van der Waals surface area (Å²) in [6, 6.07) is 8.51. The summed E-state index contributed by atoms with van der Waals surface area (Å²) in [5.41, 5.74) is 2.39. The van der Waals surface area contributed by atoms with E-state index in [-0.39, 0.29) is 36.1 Å². The van der Waals surface area contributed by atoms with Crippen molar-refractivity contribution in [3.8, 4) is 0 Å². The second kappa shape index (κ2) is 10.8. The Labute approximate surface area is 180 Å². The van der Waals surface area contributed by atoms with Crippen LogP contribution >= 0.6 is 24.8 Å². The lowest BCUT2D eigenvalue weighted by Crippen LogP contribution is -2.47. The van der Waals surface area contributed by atoms with Gasteiger partial charge in [-0.15, -0.1) is 24.8 Å². The summed E-state index contributed by atoms with van der Waals surface area (Å²) in [7, 11) is 0. The van der Waals surface area contributed by atoms with Gasteiger partial charge in [-0.25, -0.2) is 0 Å². The fraction of sp³-hybridized carbons (Fsp3) is 0.667. The molecule has 2 aliphatic heterocycles. The predicted octanol–water partition coefficient (Wildman–Crippen LogP) is 2.76. The summed E-state index contributed by atoms with van der Waals surface area (Å²) in [4.78, 5) is 15.5. The lowest BCUT2D eigenvalue weighted by atomic mass is 9.67. The Hall–Kier alpha value is -0.850. The molecule has 2 atom stereocenters. The van der Waals surface area contributed by atoms with E-state index in [1.54, 1.807) is 0 Å². The summed E-state index contributed by atoms with van der Waals surface area (Å²) in [5.74, 6) is 0.771. The van der Waals surface area contributed by atoms with Crippen LogP contribution < -0.4 is 10.6 Å². The van der Waals surface area contributed by atoms with Crippen molar-refractivity contribution in [2.45, 2.75) is 38.8 Å². The first kappa shape index (κ1) is 23.4. The quantitative estimate of drug-likeness (QED) is 0.755. The van der Waals surface area contributed by atoms with E-state index in [4.69, 9.17) is 4.74 Å². The lowest BCUT2D eigenvalue weighted by molar-refractivity contribution is -0.134. The first-order valence-electron chi connectivity index (χ1n) is 10.1. The Morgan fingerprint density at radius 1 is 1.18 bits per heavy atom. The average Bonchev–Trinajstić information content (AvgIpc) is 3.13. The van der Waals surface area contributed by atoms with Gasteiger partial charge >= 0.3 is 0 Å². The van der Waals surface area contributed by atoms with Crippen molar-refractivity contribution in [3.63, 3.8) is 0 Å². The molecule has 0 spiro atoms. The molecule has 3 fully saturated rings. The summed E-state index contributed by atoms with van der Waals surface area (Å²) in [6.07, 6.45) is 4.67. The molecular formula is C21H33Cl2N3O2. The van der Waals surface area contributed by atoms with Gasteiger partial charge in [-0.3, -0.25) is 9.69 Å². The molecule has 5 nitrogen and oxygen atoms in total. The van der Waals surface area contributed by atoms with Gasteiger partial charge in [0.1, 0.15) is 0 Å². The number of morpholine rings is 1. The highest BCUT2D eigenvalue weighted by Gasteiger charge is 2.49. The monoisotopic (exact) mass is 429 g/mol. The molecule has 1 aromatic rings. The maximum Gasteiger partial charge on any atom is 0.228 e. The molecule has 0 aromatic heterocycles. The van der Waals surface area contributed by atoms with Gasteiger partial charge in [0.25, 0.3) is 0 Å². The molecule has 0 radical (unpaired) electrons. The molecule has 2 N–H and O–H groups in total. The minimum atomic E-state index is -0.169. The van der Waals surface area contributed by atoms with Gasteiger partial charge in [-0.2, -0.15) is 0 Å². The fourth-order valence-corrected chi connectivity index (χ4v) is 4.93. The first-order chi connectivity index (χ1) is 12.8. The topological polar surface area (TPSA) is 53.6 Å². The number of nitrogens with zero attached hydrogens (tertiary/aromatic N) is 1. The molecule has 158 valence electrons. The molecule has 0 bridgehead atoms. The van der Waals surface area contributed by atoms with Crippen LogP contribution in [0.4, 0.5) is 0 Å². The van der Waals surface area contributed by atoms with E-state index in [1.165, 1.54) is 30.4 Å². The minimum Gasteiger partial charge on any atom is -0.379 e. The van der Waals surface area contributed by atoms with Crippen LogP contribution in [0.25, 0.3) is 0 Å². The number of nitrogens with one attached hydrogen (secondary N) is 2. The molecular weight excluding hydrogens is 397 g/mol. The minimum absolute atomic E-state index is 0. The standard InChI is InChI=1S/C21H31N3O2.2ClH/c25-20(21-8-4-3-7-19(21)14-22-16-21)23-13-17-5-1-2-6-18(17)15-24-9-11-26-12-10-24;;/h1-2,5-6,19,22H,3-4,7-16H2,(H,23,25);2*1H/t19-,21+;;/m0../s1. The molecule has 7 heteroatoms. The van der Waals surface area contributed by atoms with Crippen LogP contribution in [0.1, 0.15) is 36.8 Å². The normalized spacial score (nSPS) is 27.2. The van der Waals surface area contributed by atoms with Crippen molar-refractivity contribution in [3.05, 3.63) is 35.4 Å². The Kier molecular flexibility index (Phi) is 9.03. The molecule has 28 heavy (non-hydrogen) atoms. The predicted molar refractivity (Wildman–Crippen MR) is 116 cm³/mol. The Morgan fingerprint density at radius 2 is 1.93 bits per heavy atom. The summed E-state index contributed by atoms with van der Waals surface area (Å²) in [5, 5.41) is 6.76. The third-order valence-corrected chi connectivity index (χ3v) is 6.55. The van der Waals surface area contributed by atoms with Crippen molar-refractivity contribution in [1.82, 2.24) is 15.5 Å². The number of hydrogen-bond donors (Lipinski definition) is 2. The highest BCUT2D eigenvalue weighted by Crippen LogP contribution is 2.43. The fourth-order valence-electron chi connectivity index (χ4n) is 4.93. The molecule has 0 unspecified atom stereocenters. The third kappa shape index (κ3) is 5.00. The molecule has 1 aromatic carbocycles. The van der Waals surface area contributed by atoms with E-state index < -0.39 is 0 Å². The summed E-state index contributed by atoms with van der Waals surface area (Å²) < 4.78 is 5.45. The van der Waals surface area contributed by atoms with Crippen molar-refractivity contribution in [2.75, 3.05) is 39.4 Å². The number of rotatable bonds is 5. The van der Waals surface area contributed by atoms with E-state index >= 15 is 0 Å². The molecule has 1 aliphatic carbocycles. The van der Waals surface area contributed by atoms with E-state index in [0.717, 1.165) is 52.4 Å². The van der Waals surface area contributed by atoms with Gasteiger partial charge in [0.15, 0.2) is 0 Å². The molecule has 2 heterocycles. The Morgan fingerprint density at radius 3 is 2.71 bits per heavy atom. The zero-order chi connectivity index (χ0) is 17.8. The molecule has 1 amide bonds. The van der Waals surface area contributed by atoms with Gasteiger partial charge < -0.3 is 15.4 Å². The summed E-state index contributed by atoms with van der Waals surface area (Å²) in [6.45, 7) is 7.01. The van der Waals surface area contributed by atoms with Crippen molar-refractivity contribution < 1.29 is 9.53 Å². The largest absolute Gasteiger partial charge is 0.379 e. The molecule has 1 saturated carbocycles. The maximum atomic E-state index is 13.1. The number of carbonyl (C=O) groups excluding carboxylic acids is 1. The Bertz CT molecular complexity index is 640. The highest BCUT2D eigenvalue weighted by molar-refractivity contribution is 5.85. The number of halogens is 2. The van der Waals surface area contributed by atoms with Gasteiger partial charge in [-0.05, 0) is 36.4 Å². The van der Waals surface area contributed by atoms with Crippen LogP contribution in [-0.2, 0) is 22.6 Å².